The SMILES string of the molecule is CC(C)Oc1ccccc1C1(O)CCCCC1C(C)(C)C. The monoisotopic (exact) mass is 290 g/mol. The van der Waals surface area contributed by atoms with Crippen LogP contribution in [0.3, 0.4) is 0 Å². The molecular formula is C19H30O2. The fraction of sp³-hybridized carbons (Fsp3) is 0.684. The number of hydrogen-bond donors (Lipinski definition) is 1. The van der Waals surface area contributed by atoms with Crippen LogP contribution in [0.1, 0.15) is 65.9 Å². The molecule has 1 aliphatic carbocycles. The minimum atomic E-state index is -0.776. The number of rotatable bonds is 3. The fourth-order valence-corrected chi connectivity index (χ4v) is 3.81. The lowest BCUT2D eigenvalue weighted by molar-refractivity contribution is -0.0974. The number of para-hydroxylation sites is 1. The molecule has 1 N–H and O–H groups in total. The molecule has 1 aromatic carbocycles. The van der Waals surface area contributed by atoms with Gasteiger partial charge in [-0.15, -0.1) is 0 Å². The Labute approximate surface area is 129 Å². The number of ether oxygens (including phenoxy) is 1. The summed E-state index contributed by atoms with van der Waals surface area (Å²) in [4.78, 5) is 0. The van der Waals surface area contributed by atoms with Crippen molar-refractivity contribution in [2.75, 3.05) is 0 Å². The highest BCUT2D eigenvalue weighted by molar-refractivity contribution is 5.39. The van der Waals surface area contributed by atoms with E-state index in [9.17, 15) is 5.11 Å². The molecule has 118 valence electrons. The predicted molar refractivity (Wildman–Crippen MR) is 87.5 cm³/mol. The molecule has 1 aliphatic rings. The van der Waals surface area contributed by atoms with Crippen LogP contribution in [-0.2, 0) is 5.60 Å². The van der Waals surface area contributed by atoms with Gasteiger partial charge in [-0.05, 0) is 44.1 Å². The van der Waals surface area contributed by atoms with E-state index in [0.717, 1.165) is 30.6 Å². The second kappa shape index (κ2) is 6.00. The van der Waals surface area contributed by atoms with Crippen LogP contribution in [0.5, 0.6) is 5.75 Å². The topological polar surface area (TPSA) is 29.5 Å². The third kappa shape index (κ3) is 3.42. The molecule has 2 atom stereocenters. The van der Waals surface area contributed by atoms with E-state index in [2.05, 4.69) is 20.8 Å². The zero-order chi connectivity index (χ0) is 15.7. The van der Waals surface area contributed by atoms with E-state index in [1.165, 1.54) is 6.42 Å². The van der Waals surface area contributed by atoms with E-state index in [1.807, 2.05) is 38.1 Å². The quantitative estimate of drug-likeness (QED) is 0.858. The van der Waals surface area contributed by atoms with Gasteiger partial charge in [0.2, 0.25) is 0 Å². The Morgan fingerprint density at radius 1 is 1.19 bits per heavy atom. The summed E-state index contributed by atoms with van der Waals surface area (Å²) >= 11 is 0. The van der Waals surface area contributed by atoms with Gasteiger partial charge in [-0.3, -0.25) is 0 Å². The summed E-state index contributed by atoms with van der Waals surface area (Å²) in [7, 11) is 0. The van der Waals surface area contributed by atoms with Crippen LogP contribution in [0.15, 0.2) is 24.3 Å². The van der Waals surface area contributed by atoms with Gasteiger partial charge in [0.1, 0.15) is 5.75 Å². The van der Waals surface area contributed by atoms with Crippen molar-refractivity contribution in [2.24, 2.45) is 11.3 Å². The van der Waals surface area contributed by atoms with Crippen LogP contribution < -0.4 is 4.74 Å². The molecular weight excluding hydrogens is 260 g/mol. The molecule has 0 aromatic heterocycles. The average molecular weight is 290 g/mol. The Balaban J connectivity index is 2.46. The summed E-state index contributed by atoms with van der Waals surface area (Å²) in [6.07, 6.45) is 4.31. The van der Waals surface area contributed by atoms with E-state index in [0.29, 0.717) is 0 Å². The summed E-state index contributed by atoms with van der Waals surface area (Å²) in [5.41, 5.74) is 0.278. The highest BCUT2D eigenvalue weighted by Gasteiger charge is 2.47. The van der Waals surface area contributed by atoms with E-state index < -0.39 is 5.60 Å². The zero-order valence-corrected chi connectivity index (χ0v) is 14.1. The van der Waals surface area contributed by atoms with Gasteiger partial charge in [-0.2, -0.15) is 0 Å². The van der Waals surface area contributed by atoms with E-state index in [1.54, 1.807) is 0 Å². The maximum absolute atomic E-state index is 11.6. The van der Waals surface area contributed by atoms with Crippen molar-refractivity contribution in [1.29, 1.82) is 0 Å². The summed E-state index contributed by atoms with van der Waals surface area (Å²) in [5, 5.41) is 11.6. The lowest BCUT2D eigenvalue weighted by Crippen LogP contribution is -2.44. The molecule has 2 nitrogen and oxygen atoms in total. The van der Waals surface area contributed by atoms with Crippen LogP contribution in [0.4, 0.5) is 0 Å². The first-order valence-electron chi connectivity index (χ1n) is 8.23. The van der Waals surface area contributed by atoms with Gasteiger partial charge >= 0.3 is 0 Å². The van der Waals surface area contributed by atoms with Crippen molar-refractivity contribution >= 4 is 0 Å². The molecule has 0 bridgehead atoms. The van der Waals surface area contributed by atoms with Crippen LogP contribution in [0.25, 0.3) is 0 Å². The van der Waals surface area contributed by atoms with Crippen molar-refractivity contribution in [3.05, 3.63) is 29.8 Å². The lowest BCUT2D eigenvalue weighted by Gasteiger charge is -2.47. The van der Waals surface area contributed by atoms with Gasteiger partial charge in [0.25, 0.3) is 0 Å². The first kappa shape index (κ1) is 16.4. The Morgan fingerprint density at radius 3 is 2.48 bits per heavy atom. The molecule has 2 unspecified atom stereocenters. The van der Waals surface area contributed by atoms with Crippen LogP contribution in [0.2, 0.25) is 0 Å². The van der Waals surface area contributed by atoms with Gasteiger partial charge in [0, 0.05) is 5.56 Å². The van der Waals surface area contributed by atoms with Crippen molar-refractivity contribution < 1.29 is 9.84 Å². The third-order valence-corrected chi connectivity index (χ3v) is 4.64. The largest absolute Gasteiger partial charge is 0.491 e. The molecule has 2 rings (SSSR count). The number of aliphatic hydroxyl groups is 1. The van der Waals surface area contributed by atoms with Crippen LogP contribution in [0, 0.1) is 11.3 Å². The first-order chi connectivity index (χ1) is 9.75. The van der Waals surface area contributed by atoms with Gasteiger partial charge < -0.3 is 9.84 Å². The van der Waals surface area contributed by atoms with Crippen LogP contribution >= 0.6 is 0 Å². The van der Waals surface area contributed by atoms with E-state index in [-0.39, 0.29) is 17.4 Å². The smallest absolute Gasteiger partial charge is 0.125 e. The molecule has 21 heavy (non-hydrogen) atoms. The third-order valence-electron chi connectivity index (χ3n) is 4.64. The van der Waals surface area contributed by atoms with Gasteiger partial charge in [0.05, 0.1) is 11.7 Å². The molecule has 0 aliphatic heterocycles. The highest BCUT2D eigenvalue weighted by Crippen LogP contribution is 2.51. The molecule has 0 heterocycles. The molecule has 0 spiro atoms. The van der Waals surface area contributed by atoms with Crippen molar-refractivity contribution in [3.63, 3.8) is 0 Å². The Bertz CT molecular complexity index is 473. The molecule has 1 aromatic rings. The maximum atomic E-state index is 11.6. The highest BCUT2D eigenvalue weighted by atomic mass is 16.5. The average Bonchev–Trinajstić information content (AvgIpc) is 2.37. The van der Waals surface area contributed by atoms with Crippen molar-refractivity contribution in [2.45, 2.75) is 72.0 Å². The van der Waals surface area contributed by atoms with Crippen LogP contribution in [-0.4, -0.2) is 11.2 Å². The minimum absolute atomic E-state index is 0.0834. The Morgan fingerprint density at radius 2 is 1.86 bits per heavy atom. The Hall–Kier alpha value is -1.02. The number of hydrogen-bond acceptors (Lipinski definition) is 2. The van der Waals surface area contributed by atoms with E-state index >= 15 is 0 Å². The normalized spacial score (nSPS) is 26.9. The predicted octanol–water partition coefficient (Wildman–Crippen LogP) is 4.90. The van der Waals surface area contributed by atoms with Crippen molar-refractivity contribution in [1.82, 2.24) is 0 Å². The molecule has 0 amide bonds. The fourth-order valence-electron chi connectivity index (χ4n) is 3.81. The first-order valence-corrected chi connectivity index (χ1v) is 8.23. The van der Waals surface area contributed by atoms with Gasteiger partial charge in [-0.25, -0.2) is 0 Å². The van der Waals surface area contributed by atoms with Gasteiger partial charge in [0.15, 0.2) is 0 Å². The number of benzene rings is 1. The second-order valence-electron chi connectivity index (χ2n) is 7.75. The summed E-state index contributed by atoms with van der Waals surface area (Å²) < 4.78 is 5.96. The summed E-state index contributed by atoms with van der Waals surface area (Å²) in [6, 6.07) is 8.03. The summed E-state index contributed by atoms with van der Waals surface area (Å²) in [5.74, 6) is 1.10. The van der Waals surface area contributed by atoms with E-state index in [4.69, 9.17) is 4.74 Å². The zero-order valence-electron chi connectivity index (χ0n) is 14.1. The van der Waals surface area contributed by atoms with Gasteiger partial charge in [-0.1, -0.05) is 51.8 Å². The molecule has 1 fully saturated rings. The molecule has 0 saturated heterocycles. The molecule has 2 heteroatoms. The molecule has 1 saturated carbocycles. The van der Waals surface area contributed by atoms with Crippen molar-refractivity contribution in [3.8, 4) is 5.75 Å². The standard InChI is InChI=1S/C19H30O2/c1-14(2)21-16-11-7-6-10-15(16)19(20)13-9-8-12-17(19)18(3,4)5/h6-7,10-11,14,17,20H,8-9,12-13H2,1-5H3. The minimum Gasteiger partial charge on any atom is -0.491 e. The Kier molecular flexibility index (Phi) is 4.67. The summed E-state index contributed by atoms with van der Waals surface area (Å²) in [6.45, 7) is 10.8. The lowest BCUT2D eigenvalue weighted by atomic mass is 9.61. The second-order valence-corrected chi connectivity index (χ2v) is 7.75. The molecule has 0 radical (unpaired) electrons. The maximum Gasteiger partial charge on any atom is 0.125 e.